The van der Waals surface area contributed by atoms with Gasteiger partial charge in [0.05, 0.1) is 20.8 Å². The van der Waals surface area contributed by atoms with Crippen LogP contribution in [0.25, 0.3) is 21.6 Å². The maximum Gasteiger partial charge on any atom is 0.275 e. The Hall–Kier alpha value is -2.54. The number of non-ortho nitro benzene ring substituents is 1. The van der Waals surface area contributed by atoms with Crippen molar-refractivity contribution in [1.82, 2.24) is 9.97 Å². The molecule has 0 unspecified atom stereocenters. The minimum atomic E-state index is -0.489. The summed E-state index contributed by atoms with van der Waals surface area (Å²) in [6.45, 7) is 0. The molecule has 0 bridgehead atoms. The highest BCUT2D eigenvalue weighted by atomic mass is 32.1. The first-order valence-corrected chi connectivity index (χ1v) is 6.25. The Morgan fingerprint density at radius 1 is 1.32 bits per heavy atom. The van der Waals surface area contributed by atoms with Crippen LogP contribution in [0.1, 0.15) is 0 Å². The fourth-order valence-electron chi connectivity index (χ4n) is 1.76. The maximum absolute atomic E-state index is 11.9. The molecule has 2 aromatic heterocycles. The summed E-state index contributed by atoms with van der Waals surface area (Å²) in [5.41, 5.74) is 0.809. The second-order valence-electron chi connectivity index (χ2n) is 3.85. The molecule has 94 valence electrons. The van der Waals surface area contributed by atoms with Crippen LogP contribution in [0, 0.1) is 10.1 Å². The summed E-state index contributed by atoms with van der Waals surface area (Å²) in [7, 11) is 0. The molecule has 0 atom stereocenters. The first-order chi connectivity index (χ1) is 9.15. The summed E-state index contributed by atoms with van der Waals surface area (Å²) in [5.74, 6) is 0. The minimum Gasteiger partial charge on any atom is -0.319 e. The van der Waals surface area contributed by atoms with Gasteiger partial charge in [0, 0.05) is 12.1 Å². The van der Waals surface area contributed by atoms with Crippen molar-refractivity contribution in [2.45, 2.75) is 0 Å². The van der Waals surface area contributed by atoms with Gasteiger partial charge in [0.15, 0.2) is 0 Å². The van der Waals surface area contributed by atoms with E-state index in [9.17, 15) is 14.9 Å². The molecular formula is C12H7N3O3S. The van der Waals surface area contributed by atoms with Gasteiger partial charge in [-0.25, -0.2) is 4.98 Å². The topological polar surface area (TPSA) is 88.9 Å². The van der Waals surface area contributed by atoms with Gasteiger partial charge >= 0.3 is 0 Å². The third kappa shape index (κ3) is 2.00. The molecule has 19 heavy (non-hydrogen) atoms. The Labute approximate surface area is 110 Å². The smallest absolute Gasteiger partial charge is 0.275 e. The number of hydrogen-bond donors (Lipinski definition) is 1. The van der Waals surface area contributed by atoms with Crippen molar-refractivity contribution in [2.75, 3.05) is 0 Å². The lowest BCUT2D eigenvalue weighted by Gasteiger charge is -2.00. The molecule has 0 aliphatic carbocycles. The second-order valence-corrected chi connectivity index (χ2v) is 4.80. The highest BCUT2D eigenvalue weighted by Gasteiger charge is 2.11. The summed E-state index contributed by atoms with van der Waals surface area (Å²) in [4.78, 5) is 29.8. The number of benzene rings is 1. The normalized spacial score (nSPS) is 10.7. The van der Waals surface area contributed by atoms with Crippen LogP contribution in [0.5, 0.6) is 0 Å². The molecule has 7 heteroatoms. The molecule has 0 amide bonds. The zero-order valence-corrected chi connectivity index (χ0v) is 10.3. The Balaban J connectivity index is 2.28. The molecule has 0 aliphatic rings. The number of aromatic amines is 1. The van der Waals surface area contributed by atoms with E-state index in [0.29, 0.717) is 11.0 Å². The molecule has 0 saturated carbocycles. The minimum absolute atomic E-state index is 0.0517. The summed E-state index contributed by atoms with van der Waals surface area (Å²) >= 11 is 1.39. The summed E-state index contributed by atoms with van der Waals surface area (Å²) in [6, 6.07) is 7.78. The van der Waals surface area contributed by atoms with Crippen LogP contribution >= 0.6 is 11.3 Å². The predicted octanol–water partition coefficient (Wildman–Crippen LogP) is 2.56. The van der Waals surface area contributed by atoms with Crippen LogP contribution in [0.4, 0.5) is 5.69 Å². The average Bonchev–Trinajstić information content (AvgIpc) is 2.91. The monoisotopic (exact) mass is 273 g/mol. The van der Waals surface area contributed by atoms with Crippen molar-refractivity contribution in [3.8, 4) is 10.6 Å². The average molecular weight is 273 g/mol. The van der Waals surface area contributed by atoms with Gasteiger partial charge in [-0.1, -0.05) is 6.07 Å². The van der Waals surface area contributed by atoms with Crippen LogP contribution in [0.2, 0.25) is 0 Å². The summed E-state index contributed by atoms with van der Waals surface area (Å²) < 4.78 is 0. The fraction of sp³-hybridized carbons (Fsp3) is 0. The Bertz CT molecular complexity index is 824. The van der Waals surface area contributed by atoms with E-state index in [1.54, 1.807) is 6.07 Å². The highest BCUT2D eigenvalue weighted by molar-refractivity contribution is 7.13. The van der Waals surface area contributed by atoms with E-state index in [0.717, 1.165) is 4.88 Å². The van der Waals surface area contributed by atoms with Crippen LogP contribution < -0.4 is 5.56 Å². The van der Waals surface area contributed by atoms with E-state index < -0.39 is 4.92 Å². The number of nitrogens with zero attached hydrogens (tertiary/aromatic N) is 2. The second kappa shape index (κ2) is 4.29. The number of hydrogen-bond acceptors (Lipinski definition) is 5. The molecule has 0 radical (unpaired) electrons. The zero-order valence-electron chi connectivity index (χ0n) is 9.49. The number of nitro benzene ring substituents is 1. The molecule has 1 N–H and O–H groups in total. The van der Waals surface area contributed by atoms with Gasteiger partial charge in [-0.3, -0.25) is 14.9 Å². The van der Waals surface area contributed by atoms with Crippen molar-refractivity contribution < 1.29 is 4.92 Å². The highest BCUT2D eigenvalue weighted by Crippen LogP contribution is 2.22. The van der Waals surface area contributed by atoms with Crippen molar-refractivity contribution in [3.05, 3.63) is 56.2 Å². The zero-order chi connectivity index (χ0) is 13.4. The fourth-order valence-corrected chi connectivity index (χ4v) is 2.48. The third-order valence-corrected chi connectivity index (χ3v) is 3.52. The number of nitrogens with one attached hydrogen (secondary N) is 1. The maximum atomic E-state index is 11.9. The molecule has 3 rings (SSSR count). The van der Waals surface area contributed by atoms with Gasteiger partial charge in [-0.15, -0.1) is 11.3 Å². The molecule has 1 aromatic carbocycles. The Kier molecular flexibility index (Phi) is 2.60. The number of thiophene rings is 1. The van der Waals surface area contributed by atoms with Crippen molar-refractivity contribution >= 4 is 28.1 Å². The summed E-state index contributed by atoms with van der Waals surface area (Å²) in [6.07, 6.45) is 0. The van der Waals surface area contributed by atoms with E-state index >= 15 is 0 Å². The van der Waals surface area contributed by atoms with Gasteiger partial charge in [-0.05, 0) is 17.5 Å². The molecular weight excluding hydrogens is 266 g/mol. The molecule has 0 spiro atoms. The lowest BCUT2D eigenvalue weighted by Crippen LogP contribution is -2.10. The molecule has 0 saturated heterocycles. The Morgan fingerprint density at radius 3 is 2.84 bits per heavy atom. The van der Waals surface area contributed by atoms with Crippen LogP contribution in [-0.4, -0.2) is 14.9 Å². The van der Waals surface area contributed by atoms with Gasteiger partial charge in [0.2, 0.25) is 0 Å². The molecule has 3 aromatic rings. The lowest BCUT2D eigenvalue weighted by atomic mass is 10.2. The largest absolute Gasteiger partial charge is 0.319 e. The quantitative estimate of drug-likeness (QED) is 0.574. The van der Waals surface area contributed by atoms with Gasteiger partial charge in [0.1, 0.15) is 5.69 Å². The number of fused-ring (bicyclic) bond motifs is 1. The molecule has 0 aliphatic heterocycles. The molecule has 6 nitrogen and oxygen atoms in total. The number of H-pyrrole nitrogens is 1. The van der Waals surface area contributed by atoms with Crippen molar-refractivity contribution in [3.63, 3.8) is 0 Å². The van der Waals surface area contributed by atoms with E-state index in [1.807, 2.05) is 11.4 Å². The van der Waals surface area contributed by atoms with Crippen LogP contribution in [0.15, 0.2) is 40.5 Å². The predicted molar refractivity (Wildman–Crippen MR) is 72.3 cm³/mol. The van der Waals surface area contributed by atoms with Crippen LogP contribution in [-0.2, 0) is 0 Å². The SMILES string of the molecule is O=c1[nH]c2ccc([N+](=O)[O-])cc2nc1-c1cccs1. The summed E-state index contributed by atoms with van der Waals surface area (Å²) in [5, 5.41) is 12.6. The van der Waals surface area contributed by atoms with Crippen LogP contribution in [0.3, 0.4) is 0 Å². The van der Waals surface area contributed by atoms with E-state index in [-0.39, 0.29) is 16.9 Å². The first kappa shape index (κ1) is 11.5. The van der Waals surface area contributed by atoms with Gasteiger partial charge in [0.25, 0.3) is 11.2 Å². The van der Waals surface area contributed by atoms with Crippen molar-refractivity contribution in [2.24, 2.45) is 0 Å². The van der Waals surface area contributed by atoms with E-state index in [4.69, 9.17) is 0 Å². The number of rotatable bonds is 2. The number of nitro groups is 1. The van der Waals surface area contributed by atoms with E-state index in [1.165, 1.54) is 29.5 Å². The lowest BCUT2D eigenvalue weighted by molar-refractivity contribution is -0.384. The van der Waals surface area contributed by atoms with Crippen molar-refractivity contribution in [1.29, 1.82) is 0 Å². The Morgan fingerprint density at radius 2 is 2.16 bits per heavy atom. The van der Waals surface area contributed by atoms with Gasteiger partial charge < -0.3 is 4.98 Å². The first-order valence-electron chi connectivity index (χ1n) is 5.37. The molecule has 2 heterocycles. The number of aromatic nitrogens is 2. The van der Waals surface area contributed by atoms with E-state index in [2.05, 4.69) is 9.97 Å². The van der Waals surface area contributed by atoms with Gasteiger partial charge in [-0.2, -0.15) is 0 Å². The standard InChI is InChI=1S/C12H7N3O3S/c16-12-11(10-2-1-5-19-10)13-9-6-7(15(17)18)3-4-8(9)14-12/h1-6H,(H,14,16). The third-order valence-electron chi connectivity index (χ3n) is 2.64. The molecule has 0 fully saturated rings.